The number of nitrogens with zero attached hydrogens (tertiary/aromatic N) is 1. The SMILES string of the molecule is CCO/C(=N\S(=O)(=O)c1ccc(C)cc1)c1ccccc1. The minimum absolute atomic E-state index is 0.110. The maximum atomic E-state index is 12.3. The Balaban J connectivity index is 2.44. The highest BCUT2D eigenvalue weighted by Crippen LogP contribution is 2.15. The zero-order chi connectivity index (χ0) is 15.3. The van der Waals surface area contributed by atoms with Gasteiger partial charge in [0.2, 0.25) is 5.90 Å². The van der Waals surface area contributed by atoms with Crippen LogP contribution in [0.15, 0.2) is 63.9 Å². The molecule has 0 saturated heterocycles. The lowest BCUT2D eigenvalue weighted by atomic mass is 10.2. The third-order valence-corrected chi connectivity index (χ3v) is 4.10. The molecular formula is C16H17NO3S. The van der Waals surface area contributed by atoms with Gasteiger partial charge in [0.25, 0.3) is 10.0 Å². The highest BCUT2D eigenvalue weighted by Gasteiger charge is 2.16. The van der Waals surface area contributed by atoms with Crippen molar-refractivity contribution in [2.45, 2.75) is 18.7 Å². The maximum Gasteiger partial charge on any atom is 0.285 e. The van der Waals surface area contributed by atoms with Crippen molar-refractivity contribution < 1.29 is 13.2 Å². The van der Waals surface area contributed by atoms with Crippen LogP contribution in [0.5, 0.6) is 0 Å². The van der Waals surface area contributed by atoms with Gasteiger partial charge in [-0.05, 0) is 38.1 Å². The molecule has 0 spiro atoms. The van der Waals surface area contributed by atoms with Crippen molar-refractivity contribution in [3.05, 3.63) is 65.7 Å². The monoisotopic (exact) mass is 303 g/mol. The fourth-order valence-electron chi connectivity index (χ4n) is 1.75. The van der Waals surface area contributed by atoms with Gasteiger partial charge in [0.1, 0.15) is 0 Å². The lowest BCUT2D eigenvalue weighted by Gasteiger charge is -2.08. The summed E-state index contributed by atoms with van der Waals surface area (Å²) in [7, 11) is -3.78. The van der Waals surface area contributed by atoms with E-state index >= 15 is 0 Å². The van der Waals surface area contributed by atoms with Crippen molar-refractivity contribution in [1.82, 2.24) is 0 Å². The third-order valence-electron chi connectivity index (χ3n) is 2.82. The van der Waals surface area contributed by atoms with Crippen LogP contribution >= 0.6 is 0 Å². The molecular weight excluding hydrogens is 286 g/mol. The Morgan fingerprint density at radius 1 is 1.05 bits per heavy atom. The van der Waals surface area contributed by atoms with Gasteiger partial charge in [-0.1, -0.05) is 35.9 Å². The number of sulfonamides is 1. The predicted molar refractivity (Wildman–Crippen MR) is 83.0 cm³/mol. The van der Waals surface area contributed by atoms with Gasteiger partial charge >= 0.3 is 0 Å². The molecule has 0 aliphatic rings. The van der Waals surface area contributed by atoms with Crippen LogP contribution < -0.4 is 0 Å². The third kappa shape index (κ3) is 3.92. The van der Waals surface area contributed by atoms with Gasteiger partial charge in [0.15, 0.2) is 0 Å². The van der Waals surface area contributed by atoms with Gasteiger partial charge in [-0.2, -0.15) is 8.42 Å². The topological polar surface area (TPSA) is 55.7 Å². The van der Waals surface area contributed by atoms with E-state index < -0.39 is 10.0 Å². The minimum Gasteiger partial charge on any atom is -0.477 e. The summed E-state index contributed by atoms with van der Waals surface area (Å²) in [6, 6.07) is 15.6. The van der Waals surface area contributed by atoms with Crippen LogP contribution in [0.25, 0.3) is 0 Å². The molecule has 4 nitrogen and oxygen atoms in total. The van der Waals surface area contributed by atoms with Crippen molar-refractivity contribution >= 4 is 15.9 Å². The van der Waals surface area contributed by atoms with Gasteiger partial charge in [-0.15, -0.1) is 4.40 Å². The lowest BCUT2D eigenvalue weighted by Crippen LogP contribution is -2.10. The summed E-state index contributed by atoms with van der Waals surface area (Å²) >= 11 is 0. The molecule has 0 atom stereocenters. The van der Waals surface area contributed by atoms with Crippen LogP contribution in [0.3, 0.4) is 0 Å². The average Bonchev–Trinajstić information content (AvgIpc) is 2.48. The number of benzene rings is 2. The second kappa shape index (κ2) is 6.54. The van der Waals surface area contributed by atoms with E-state index in [0.29, 0.717) is 12.2 Å². The zero-order valence-corrected chi connectivity index (χ0v) is 12.8. The number of rotatable bonds is 4. The van der Waals surface area contributed by atoms with Crippen LogP contribution in [-0.2, 0) is 14.8 Å². The Morgan fingerprint density at radius 3 is 2.24 bits per heavy atom. The van der Waals surface area contributed by atoms with Gasteiger partial charge in [0, 0.05) is 5.56 Å². The van der Waals surface area contributed by atoms with Crippen LogP contribution in [0.1, 0.15) is 18.1 Å². The van der Waals surface area contributed by atoms with Gasteiger partial charge in [-0.25, -0.2) is 0 Å². The highest BCUT2D eigenvalue weighted by atomic mass is 32.2. The van der Waals surface area contributed by atoms with E-state index in [1.165, 1.54) is 0 Å². The largest absolute Gasteiger partial charge is 0.477 e. The Bertz CT molecular complexity index is 720. The van der Waals surface area contributed by atoms with Crippen molar-refractivity contribution in [3.8, 4) is 0 Å². The van der Waals surface area contributed by atoms with Gasteiger partial charge < -0.3 is 4.74 Å². The molecule has 0 aliphatic carbocycles. The fourth-order valence-corrected chi connectivity index (χ4v) is 2.71. The van der Waals surface area contributed by atoms with E-state index in [1.807, 2.05) is 25.1 Å². The summed E-state index contributed by atoms with van der Waals surface area (Å²) in [6.07, 6.45) is 0. The molecule has 2 aromatic rings. The summed E-state index contributed by atoms with van der Waals surface area (Å²) in [5.74, 6) is 0.110. The Morgan fingerprint density at radius 2 is 1.67 bits per heavy atom. The van der Waals surface area contributed by atoms with E-state index in [0.717, 1.165) is 5.56 Å². The molecule has 0 N–H and O–H groups in total. The molecule has 0 radical (unpaired) electrons. The molecule has 5 heteroatoms. The number of hydrogen-bond donors (Lipinski definition) is 0. The molecule has 0 amide bonds. The van der Waals surface area contributed by atoms with E-state index in [2.05, 4.69) is 4.40 Å². The van der Waals surface area contributed by atoms with Crippen molar-refractivity contribution in [2.75, 3.05) is 6.61 Å². The molecule has 0 unspecified atom stereocenters. The molecule has 2 rings (SSSR count). The molecule has 0 saturated carbocycles. The van der Waals surface area contributed by atoms with E-state index in [4.69, 9.17) is 4.74 Å². The molecule has 2 aromatic carbocycles. The Kier molecular flexibility index (Phi) is 4.75. The smallest absolute Gasteiger partial charge is 0.285 e. The van der Waals surface area contributed by atoms with Crippen molar-refractivity contribution in [3.63, 3.8) is 0 Å². The first kappa shape index (κ1) is 15.3. The standard InChI is InChI=1S/C16H17NO3S/c1-3-20-16(14-7-5-4-6-8-14)17-21(18,19)15-11-9-13(2)10-12-15/h4-12H,3H2,1-2H3/b17-16-. The first-order valence-corrected chi connectivity index (χ1v) is 8.07. The average molecular weight is 303 g/mol. The molecule has 0 heterocycles. The normalized spacial score (nSPS) is 12.2. The van der Waals surface area contributed by atoms with E-state index in [-0.39, 0.29) is 10.8 Å². The molecule has 0 bridgehead atoms. The second-order valence-electron chi connectivity index (χ2n) is 4.48. The summed E-state index contributed by atoms with van der Waals surface area (Å²) < 4.78 is 33.9. The fraction of sp³-hybridized carbons (Fsp3) is 0.188. The number of aryl methyl sites for hydroxylation is 1. The highest BCUT2D eigenvalue weighted by molar-refractivity contribution is 7.90. The summed E-state index contributed by atoms with van der Waals surface area (Å²) in [4.78, 5) is 0.154. The van der Waals surface area contributed by atoms with Crippen LogP contribution in [0.2, 0.25) is 0 Å². The van der Waals surface area contributed by atoms with E-state index in [1.54, 1.807) is 43.3 Å². The van der Waals surface area contributed by atoms with Crippen molar-refractivity contribution in [2.24, 2.45) is 4.40 Å². The first-order valence-electron chi connectivity index (χ1n) is 6.63. The maximum absolute atomic E-state index is 12.3. The van der Waals surface area contributed by atoms with Crippen LogP contribution in [-0.4, -0.2) is 20.9 Å². The zero-order valence-electron chi connectivity index (χ0n) is 12.0. The van der Waals surface area contributed by atoms with Gasteiger partial charge in [0.05, 0.1) is 11.5 Å². The number of hydrogen-bond acceptors (Lipinski definition) is 3. The number of ether oxygens (including phenoxy) is 1. The van der Waals surface area contributed by atoms with Crippen LogP contribution in [0, 0.1) is 6.92 Å². The lowest BCUT2D eigenvalue weighted by molar-refractivity contribution is 0.329. The molecule has 21 heavy (non-hydrogen) atoms. The quantitative estimate of drug-likeness (QED) is 0.644. The minimum atomic E-state index is -3.78. The molecule has 110 valence electrons. The van der Waals surface area contributed by atoms with E-state index in [9.17, 15) is 8.42 Å². The Hall–Kier alpha value is -2.14. The van der Waals surface area contributed by atoms with Crippen LogP contribution in [0.4, 0.5) is 0 Å². The Labute approximate surface area is 125 Å². The molecule has 0 aliphatic heterocycles. The summed E-state index contributed by atoms with van der Waals surface area (Å²) in [5.41, 5.74) is 1.63. The predicted octanol–water partition coefficient (Wildman–Crippen LogP) is 3.17. The second-order valence-corrected chi connectivity index (χ2v) is 6.09. The molecule has 0 aromatic heterocycles. The van der Waals surface area contributed by atoms with Gasteiger partial charge in [-0.3, -0.25) is 0 Å². The molecule has 0 fully saturated rings. The van der Waals surface area contributed by atoms with Crippen molar-refractivity contribution in [1.29, 1.82) is 0 Å². The summed E-state index contributed by atoms with van der Waals surface area (Å²) in [6.45, 7) is 4.03. The summed E-state index contributed by atoms with van der Waals surface area (Å²) in [5, 5.41) is 0. The first-order chi connectivity index (χ1) is 10.0.